The number of hydrogen-bond donors (Lipinski definition) is 1. The van der Waals surface area contributed by atoms with Crippen LogP contribution in [0.1, 0.15) is 46.5 Å². The third-order valence-corrected chi connectivity index (χ3v) is 2.44. The average Bonchev–Trinajstić information content (AvgIpc) is 2.12. The van der Waals surface area contributed by atoms with Crippen LogP contribution in [0, 0.1) is 5.92 Å². The second-order valence-corrected chi connectivity index (χ2v) is 4.53. The molecule has 0 rings (SSSR count). The molecular weight excluding hydrogens is 174 g/mol. The minimum absolute atomic E-state index is 0.658. The van der Waals surface area contributed by atoms with Gasteiger partial charge in [-0.1, -0.05) is 26.7 Å². The fourth-order valence-corrected chi connectivity index (χ4v) is 1.50. The molecule has 0 aromatic heterocycles. The Morgan fingerprint density at radius 1 is 1.07 bits per heavy atom. The lowest BCUT2D eigenvalue weighted by Crippen LogP contribution is -2.27. The lowest BCUT2D eigenvalue weighted by Gasteiger charge is -2.14. The summed E-state index contributed by atoms with van der Waals surface area (Å²) < 4.78 is 5.00. The zero-order valence-electron chi connectivity index (χ0n) is 10.3. The first-order valence-corrected chi connectivity index (χ1v) is 5.89. The Labute approximate surface area is 89.4 Å². The summed E-state index contributed by atoms with van der Waals surface area (Å²) in [5, 5.41) is 3.51. The molecule has 0 aromatic carbocycles. The van der Waals surface area contributed by atoms with E-state index in [2.05, 4.69) is 26.1 Å². The van der Waals surface area contributed by atoms with Crippen LogP contribution < -0.4 is 5.32 Å². The van der Waals surface area contributed by atoms with Crippen molar-refractivity contribution in [2.45, 2.75) is 52.5 Å². The van der Waals surface area contributed by atoms with Crippen LogP contribution in [-0.2, 0) is 4.74 Å². The lowest BCUT2D eigenvalue weighted by molar-refractivity contribution is 0.193. The molecule has 0 heterocycles. The van der Waals surface area contributed by atoms with Gasteiger partial charge in [-0.05, 0) is 32.2 Å². The van der Waals surface area contributed by atoms with Crippen molar-refractivity contribution in [3.05, 3.63) is 0 Å². The summed E-state index contributed by atoms with van der Waals surface area (Å²) >= 11 is 0. The van der Waals surface area contributed by atoms with Gasteiger partial charge >= 0.3 is 0 Å². The highest BCUT2D eigenvalue weighted by atomic mass is 16.5. The smallest absolute Gasteiger partial charge is 0.0474 e. The van der Waals surface area contributed by atoms with E-state index in [1.54, 1.807) is 7.11 Å². The maximum Gasteiger partial charge on any atom is 0.0474 e. The third kappa shape index (κ3) is 10.0. The Morgan fingerprint density at radius 2 is 1.79 bits per heavy atom. The van der Waals surface area contributed by atoms with Crippen molar-refractivity contribution in [1.82, 2.24) is 5.32 Å². The molecule has 0 aliphatic rings. The molecule has 0 saturated carbocycles. The zero-order valence-corrected chi connectivity index (χ0v) is 10.3. The van der Waals surface area contributed by atoms with E-state index < -0.39 is 0 Å². The topological polar surface area (TPSA) is 21.3 Å². The first-order valence-electron chi connectivity index (χ1n) is 5.89. The number of nitrogens with one attached hydrogen (secondary N) is 1. The van der Waals surface area contributed by atoms with Gasteiger partial charge in [0.15, 0.2) is 0 Å². The number of rotatable bonds is 9. The average molecular weight is 201 g/mol. The van der Waals surface area contributed by atoms with Gasteiger partial charge in [0.25, 0.3) is 0 Å². The van der Waals surface area contributed by atoms with E-state index in [0.717, 1.165) is 25.5 Å². The predicted octanol–water partition coefficient (Wildman–Crippen LogP) is 2.83. The standard InChI is InChI=1S/C12H27NO/c1-11(2)7-5-8-12(3)13-9-6-10-14-4/h11-13H,5-10H2,1-4H3. The van der Waals surface area contributed by atoms with Crippen molar-refractivity contribution in [1.29, 1.82) is 0 Å². The molecule has 0 aromatic rings. The van der Waals surface area contributed by atoms with Gasteiger partial charge in [-0.3, -0.25) is 0 Å². The van der Waals surface area contributed by atoms with Crippen LogP contribution in [0.2, 0.25) is 0 Å². The molecule has 0 amide bonds. The molecule has 86 valence electrons. The molecule has 0 aliphatic heterocycles. The second-order valence-electron chi connectivity index (χ2n) is 4.53. The fraction of sp³-hybridized carbons (Fsp3) is 1.00. The van der Waals surface area contributed by atoms with Crippen LogP contribution in [-0.4, -0.2) is 26.3 Å². The molecule has 1 atom stereocenters. The van der Waals surface area contributed by atoms with Gasteiger partial charge in [0.1, 0.15) is 0 Å². The summed E-state index contributed by atoms with van der Waals surface area (Å²) in [4.78, 5) is 0. The van der Waals surface area contributed by atoms with E-state index in [9.17, 15) is 0 Å². The van der Waals surface area contributed by atoms with Crippen LogP contribution in [0.15, 0.2) is 0 Å². The predicted molar refractivity (Wildman–Crippen MR) is 62.6 cm³/mol. The molecule has 2 nitrogen and oxygen atoms in total. The third-order valence-electron chi connectivity index (χ3n) is 2.44. The molecule has 0 radical (unpaired) electrons. The van der Waals surface area contributed by atoms with E-state index >= 15 is 0 Å². The zero-order chi connectivity index (χ0) is 10.8. The van der Waals surface area contributed by atoms with Crippen LogP contribution in [0.4, 0.5) is 0 Å². The normalized spacial score (nSPS) is 13.5. The quantitative estimate of drug-likeness (QED) is 0.579. The molecule has 0 spiro atoms. The van der Waals surface area contributed by atoms with Gasteiger partial charge in [0, 0.05) is 19.8 Å². The van der Waals surface area contributed by atoms with Gasteiger partial charge in [-0.2, -0.15) is 0 Å². The van der Waals surface area contributed by atoms with Gasteiger partial charge in [-0.15, -0.1) is 0 Å². The summed E-state index contributed by atoms with van der Waals surface area (Å²) in [5.41, 5.74) is 0. The summed E-state index contributed by atoms with van der Waals surface area (Å²) in [6.45, 7) is 8.79. The summed E-state index contributed by atoms with van der Waals surface area (Å²) in [5.74, 6) is 0.843. The number of ether oxygens (including phenoxy) is 1. The molecule has 14 heavy (non-hydrogen) atoms. The van der Waals surface area contributed by atoms with Crippen LogP contribution in [0.3, 0.4) is 0 Å². The molecular formula is C12H27NO. The second kappa shape index (κ2) is 9.47. The fourth-order valence-electron chi connectivity index (χ4n) is 1.50. The van der Waals surface area contributed by atoms with Crippen molar-refractivity contribution in [3.8, 4) is 0 Å². The Bertz CT molecular complexity index is 115. The van der Waals surface area contributed by atoms with Crippen molar-refractivity contribution in [3.63, 3.8) is 0 Å². The molecule has 0 bridgehead atoms. The molecule has 0 aliphatic carbocycles. The van der Waals surface area contributed by atoms with Crippen molar-refractivity contribution in [2.24, 2.45) is 5.92 Å². The minimum atomic E-state index is 0.658. The SMILES string of the molecule is COCCCNC(C)CCCC(C)C. The molecule has 0 fully saturated rings. The van der Waals surface area contributed by atoms with Crippen molar-refractivity contribution >= 4 is 0 Å². The minimum Gasteiger partial charge on any atom is -0.385 e. The lowest BCUT2D eigenvalue weighted by atomic mass is 10.0. The van der Waals surface area contributed by atoms with Gasteiger partial charge < -0.3 is 10.1 Å². The van der Waals surface area contributed by atoms with Gasteiger partial charge in [0.2, 0.25) is 0 Å². The summed E-state index contributed by atoms with van der Waals surface area (Å²) in [6.07, 6.45) is 5.11. The first kappa shape index (κ1) is 13.9. The van der Waals surface area contributed by atoms with Crippen LogP contribution in [0.25, 0.3) is 0 Å². The maximum atomic E-state index is 5.00. The monoisotopic (exact) mass is 201 g/mol. The summed E-state index contributed by atoms with van der Waals surface area (Å²) in [7, 11) is 1.76. The molecule has 1 N–H and O–H groups in total. The first-order chi connectivity index (χ1) is 6.66. The van der Waals surface area contributed by atoms with E-state index in [1.807, 2.05) is 0 Å². The summed E-state index contributed by atoms with van der Waals surface area (Å²) in [6, 6.07) is 0.658. The highest BCUT2D eigenvalue weighted by Gasteiger charge is 2.01. The van der Waals surface area contributed by atoms with Crippen molar-refractivity contribution < 1.29 is 4.74 Å². The Hall–Kier alpha value is -0.0800. The van der Waals surface area contributed by atoms with E-state index in [4.69, 9.17) is 4.74 Å². The Kier molecular flexibility index (Phi) is 9.42. The van der Waals surface area contributed by atoms with Crippen molar-refractivity contribution in [2.75, 3.05) is 20.3 Å². The van der Waals surface area contributed by atoms with E-state index in [-0.39, 0.29) is 0 Å². The Morgan fingerprint density at radius 3 is 2.36 bits per heavy atom. The van der Waals surface area contributed by atoms with E-state index in [1.165, 1.54) is 19.3 Å². The highest BCUT2D eigenvalue weighted by Crippen LogP contribution is 2.07. The number of hydrogen-bond acceptors (Lipinski definition) is 2. The van der Waals surface area contributed by atoms with Crippen LogP contribution in [0.5, 0.6) is 0 Å². The van der Waals surface area contributed by atoms with Gasteiger partial charge in [0.05, 0.1) is 0 Å². The number of methoxy groups -OCH3 is 1. The molecule has 1 unspecified atom stereocenters. The largest absolute Gasteiger partial charge is 0.385 e. The van der Waals surface area contributed by atoms with Crippen LogP contribution >= 0.6 is 0 Å². The van der Waals surface area contributed by atoms with E-state index in [0.29, 0.717) is 6.04 Å². The molecule has 2 heteroatoms. The van der Waals surface area contributed by atoms with Gasteiger partial charge in [-0.25, -0.2) is 0 Å². The molecule has 0 saturated heterocycles. The maximum absolute atomic E-state index is 5.00. The highest BCUT2D eigenvalue weighted by molar-refractivity contribution is 4.61. The Balaban J connectivity index is 3.15.